The van der Waals surface area contributed by atoms with Crippen LogP contribution in [-0.4, -0.2) is 43.7 Å². The summed E-state index contributed by atoms with van der Waals surface area (Å²) in [5, 5.41) is 0. The first-order valence-corrected chi connectivity index (χ1v) is 8.21. The first kappa shape index (κ1) is 20.6. The molecular weight excluding hydrogens is 311 g/mol. The van der Waals surface area contributed by atoms with E-state index >= 15 is 0 Å². The van der Waals surface area contributed by atoms with Gasteiger partial charge in [-0.3, -0.25) is 9.36 Å². The molecule has 7 nitrogen and oxygen atoms in total. The third-order valence-corrected chi connectivity index (χ3v) is 3.67. The highest BCUT2D eigenvalue weighted by Gasteiger charge is 2.28. The molecule has 0 aromatic heterocycles. The molecule has 0 aliphatic carbocycles. The monoisotopic (exact) mass is 334 g/mol. The summed E-state index contributed by atoms with van der Waals surface area (Å²) in [6.45, 7) is 10.5. The largest absolute Gasteiger partial charge is 0.461 e. The van der Waals surface area contributed by atoms with Crippen molar-refractivity contribution < 1.29 is 32.9 Å². The van der Waals surface area contributed by atoms with E-state index in [0.29, 0.717) is 6.61 Å². The van der Waals surface area contributed by atoms with Crippen LogP contribution in [0.5, 0.6) is 0 Å². The molecule has 0 N–H and O–H groups in total. The molecule has 3 unspecified atom stereocenters. The van der Waals surface area contributed by atoms with Crippen LogP contribution in [0, 0.1) is 0 Å². The maximum Gasteiger partial charge on any atom is 0.336 e. The highest BCUT2D eigenvalue weighted by molar-refractivity contribution is 7.39. The van der Waals surface area contributed by atoms with E-state index in [1.807, 2.05) is 0 Å². The van der Waals surface area contributed by atoms with E-state index < -0.39 is 38.3 Å². The molecule has 0 fully saturated rings. The molecule has 8 heteroatoms. The zero-order chi connectivity index (χ0) is 17.0. The Bertz CT molecular complexity index is 408. The first-order chi connectivity index (χ1) is 10.5. The lowest BCUT2D eigenvalue weighted by Gasteiger charge is -2.18. The van der Waals surface area contributed by atoms with E-state index in [0.717, 1.165) is 0 Å². The van der Waals surface area contributed by atoms with Gasteiger partial charge in [0.1, 0.15) is 19.1 Å². The SMILES string of the molecule is C=CCOC(=O)CC(O[PH](=O)C(C)OCC)C(=O)OCC=C. The second-order valence-electron chi connectivity index (χ2n) is 4.12. The van der Waals surface area contributed by atoms with Gasteiger partial charge in [0.25, 0.3) is 0 Å². The van der Waals surface area contributed by atoms with E-state index in [1.54, 1.807) is 13.8 Å². The summed E-state index contributed by atoms with van der Waals surface area (Å²) in [6.07, 6.45) is 1.05. The van der Waals surface area contributed by atoms with Crippen molar-refractivity contribution >= 4 is 20.0 Å². The van der Waals surface area contributed by atoms with Crippen molar-refractivity contribution in [1.29, 1.82) is 0 Å². The van der Waals surface area contributed by atoms with Gasteiger partial charge in [0.05, 0.1) is 6.42 Å². The van der Waals surface area contributed by atoms with Gasteiger partial charge in [0, 0.05) is 6.61 Å². The predicted molar refractivity (Wildman–Crippen MR) is 81.9 cm³/mol. The van der Waals surface area contributed by atoms with Crippen molar-refractivity contribution in [3.05, 3.63) is 25.3 Å². The maximum atomic E-state index is 12.0. The molecule has 0 bridgehead atoms. The first-order valence-electron chi connectivity index (χ1n) is 6.82. The number of rotatable bonds is 12. The van der Waals surface area contributed by atoms with E-state index in [9.17, 15) is 14.2 Å². The average molecular weight is 334 g/mol. The molecule has 0 radical (unpaired) electrons. The second kappa shape index (κ2) is 12.1. The summed E-state index contributed by atoms with van der Waals surface area (Å²) in [6, 6.07) is 0. The Labute approximate surface area is 131 Å². The molecular formula is C14H23O7P. The van der Waals surface area contributed by atoms with Gasteiger partial charge in [-0.05, 0) is 13.8 Å². The average Bonchev–Trinajstić information content (AvgIpc) is 2.49. The molecule has 0 saturated heterocycles. The molecule has 3 atom stereocenters. The Hall–Kier alpha value is -1.43. The van der Waals surface area contributed by atoms with Gasteiger partial charge in [0.2, 0.25) is 8.03 Å². The van der Waals surface area contributed by atoms with E-state index in [-0.39, 0.29) is 13.2 Å². The third-order valence-electron chi connectivity index (χ3n) is 2.33. The molecule has 0 heterocycles. The number of ether oxygens (including phenoxy) is 3. The fraction of sp³-hybridized carbons (Fsp3) is 0.571. The highest BCUT2D eigenvalue weighted by Crippen LogP contribution is 2.33. The van der Waals surface area contributed by atoms with Gasteiger partial charge in [-0.15, -0.1) is 0 Å². The second-order valence-corrected chi connectivity index (χ2v) is 5.80. The lowest BCUT2D eigenvalue weighted by atomic mass is 10.2. The minimum Gasteiger partial charge on any atom is -0.461 e. The lowest BCUT2D eigenvalue weighted by molar-refractivity contribution is -0.157. The lowest BCUT2D eigenvalue weighted by Crippen LogP contribution is -2.29. The summed E-state index contributed by atoms with van der Waals surface area (Å²) >= 11 is 0. The molecule has 0 aromatic rings. The van der Waals surface area contributed by atoms with Crippen molar-refractivity contribution in [3.8, 4) is 0 Å². The van der Waals surface area contributed by atoms with E-state index in [1.165, 1.54) is 12.2 Å². The van der Waals surface area contributed by atoms with Crippen LogP contribution in [0.4, 0.5) is 0 Å². The third kappa shape index (κ3) is 8.77. The summed E-state index contributed by atoms with van der Waals surface area (Å²) in [4.78, 5) is 23.4. The molecule has 0 aliphatic heterocycles. The van der Waals surface area contributed by atoms with Crippen LogP contribution in [-0.2, 0) is 32.9 Å². The molecule has 0 rings (SSSR count). The molecule has 0 amide bonds. The highest BCUT2D eigenvalue weighted by atomic mass is 31.1. The van der Waals surface area contributed by atoms with Gasteiger partial charge in [-0.1, -0.05) is 25.3 Å². The summed E-state index contributed by atoms with van der Waals surface area (Å²) in [5.74, 6) is -2.16. The predicted octanol–water partition coefficient (Wildman–Crippen LogP) is 2.08. The molecule has 0 spiro atoms. The van der Waals surface area contributed by atoms with Crippen molar-refractivity contribution in [2.75, 3.05) is 19.8 Å². The van der Waals surface area contributed by atoms with E-state index in [2.05, 4.69) is 13.2 Å². The Morgan fingerprint density at radius 3 is 2.32 bits per heavy atom. The van der Waals surface area contributed by atoms with Gasteiger partial charge >= 0.3 is 11.9 Å². The molecule has 126 valence electrons. The number of esters is 2. The Morgan fingerprint density at radius 1 is 1.18 bits per heavy atom. The zero-order valence-electron chi connectivity index (χ0n) is 12.9. The number of carbonyl (C=O) groups excluding carboxylic acids is 2. The maximum absolute atomic E-state index is 12.0. The smallest absolute Gasteiger partial charge is 0.336 e. The van der Waals surface area contributed by atoms with Gasteiger partial charge in [-0.2, -0.15) is 0 Å². The van der Waals surface area contributed by atoms with Crippen LogP contribution in [0.15, 0.2) is 25.3 Å². The van der Waals surface area contributed by atoms with Gasteiger partial charge in [-0.25, -0.2) is 4.79 Å². The van der Waals surface area contributed by atoms with Crippen molar-refractivity contribution in [2.45, 2.75) is 32.2 Å². The van der Waals surface area contributed by atoms with E-state index in [4.69, 9.17) is 18.7 Å². The normalized spacial score (nSPS) is 14.5. The van der Waals surface area contributed by atoms with Gasteiger partial charge < -0.3 is 18.7 Å². The fourth-order valence-corrected chi connectivity index (χ4v) is 2.28. The minimum atomic E-state index is -2.69. The zero-order valence-corrected chi connectivity index (χ0v) is 13.9. The Balaban J connectivity index is 4.73. The standard InChI is InChI=1S/C14H23O7P/c1-5-8-19-13(15)10-12(14(16)20-9-6-2)21-22(17)11(4)18-7-3/h5-6,11-12,22H,1-2,7-10H2,3-4H3. The summed E-state index contributed by atoms with van der Waals surface area (Å²) in [7, 11) is -2.69. The number of hydrogen-bond donors (Lipinski definition) is 0. The molecule has 22 heavy (non-hydrogen) atoms. The quantitative estimate of drug-likeness (QED) is 0.307. The topological polar surface area (TPSA) is 88.1 Å². The van der Waals surface area contributed by atoms with Crippen LogP contribution in [0.3, 0.4) is 0 Å². The number of hydrogen-bond acceptors (Lipinski definition) is 7. The van der Waals surface area contributed by atoms with Crippen LogP contribution < -0.4 is 0 Å². The molecule has 0 aliphatic rings. The fourth-order valence-electron chi connectivity index (χ4n) is 1.32. The van der Waals surface area contributed by atoms with Crippen LogP contribution in [0.25, 0.3) is 0 Å². The van der Waals surface area contributed by atoms with Gasteiger partial charge in [0.15, 0.2) is 6.10 Å². The van der Waals surface area contributed by atoms with Crippen LogP contribution in [0.2, 0.25) is 0 Å². The van der Waals surface area contributed by atoms with Crippen LogP contribution >= 0.6 is 8.03 Å². The minimum absolute atomic E-state index is 0.0117. The summed E-state index contributed by atoms with van der Waals surface area (Å²) < 4.78 is 31.9. The molecule has 0 saturated carbocycles. The van der Waals surface area contributed by atoms with Crippen molar-refractivity contribution in [2.24, 2.45) is 0 Å². The Kier molecular flexibility index (Phi) is 11.4. The van der Waals surface area contributed by atoms with Crippen LogP contribution in [0.1, 0.15) is 20.3 Å². The Morgan fingerprint density at radius 2 is 1.77 bits per heavy atom. The van der Waals surface area contributed by atoms with Crippen molar-refractivity contribution in [1.82, 2.24) is 0 Å². The number of carbonyl (C=O) groups is 2. The molecule has 0 aromatic carbocycles. The summed E-state index contributed by atoms with van der Waals surface area (Å²) in [5.41, 5.74) is 0. The van der Waals surface area contributed by atoms with Crippen molar-refractivity contribution in [3.63, 3.8) is 0 Å².